The molecule has 4 nitrogen and oxygen atoms in total. The van der Waals surface area contributed by atoms with Crippen molar-refractivity contribution in [2.75, 3.05) is 26.2 Å². The Bertz CT molecular complexity index is 913. The molecule has 2 amide bonds. The summed E-state index contributed by atoms with van der Waals surface area (Å²) in [5.41, 5.74) is 0.722. The number of carbonyl (C=O) groups excluding carboxylic acids is 2. The van der Waals surface area contributed by atoms with E-state index in [1.165, 1.54) is 12.1 Å². The Morgan fingerprint density at radius 2 is 1.64 bits per heavy atom. The molecule has 2 fully saturated rings. The number of benzene rings is 2. The van der Waals surface area contributed by atoms with Crippen LogP contribution in [0.25, 0.3) is 0 Å². The van der Waals surface area contributed by atoms with Gasteiger partial charge in [0.15, 0.2) is 0 Å². The van der Waals surface area contributed by atoms with Gasteiger partial charge in [-0.3, -0.25) is 9.59 Å². The Morgan fingerprint density at radius 1 is 0.929 bits per heavy atom. The van der Waals surface area contributed by atoms with Gasteiger partial charge in [-0.25, -0.2) is 4.39 Å². The lowest BCUT2D eigenvalue weighted by molar-refractivity contribution is -0.133. The zero-order chi connectivity index (χ0) is 19.7. The molecule has 2 aromatic rings. The van der Waals surface area contributed by atoms with Crippen LogP contribution in [-0.2, 0) is 10.2 Å². The van der Waals surface area contributed by atoms with Crippen molar-refractivity contribution in [2.45, 2.75) is 24.7 Å². The van der Waals surface area contributed by atoms with E-state index in [2.05, 4.69) is 15.9 Å². The Balaban J connectivity index is 1.46. The second kappa shape index (κ2) is 7.66. The molecule has 1 heterocycles. The molecule has 2 aromatic carbocycles. The molecule has 6 heteroatoms. The van der Waals surface area contributed by atoms with Crippen molar-refractivity contribution >= 4 is 27.7 Å². The fourth-order valence-corrected chi connectivity index (χ4v) is 4.37. The first-order valence-electron chi connectivity index (χ1n) is 9.60. The quantitative estimate of drug-likeness (QED) is 0.717. The summed E-state index contributed by atoms with van der Waals surface area (Å²) in [7, 11) is 0. The molecule has 0 atom stereocenters. The Labute approximate surface area is 172 Å². The minimum atomic E-state index is -0.503. The van der Waals surface area contributed by atoms with Crippen LogP contribution in [0, 0.1) is 5.82 Å². The predicted octanol–water partition coefficient (Wildman–Crippen LogP) is 3.99. The summed E-state index contributed by atoms with van der Waals surface area (Å²) in [5.74, 6) is -0.664. The van der Waals surface area contributed by atoms with Crippen LogP contribution in [0.4, 0.5) is 4.39 Å². The highest BCUT2D eigenvalue weighted by molar-refractivity contribution is 9.10. The molecule has 1 aliphatic carbocycles. The molecule has 1 saturated carbocycles. The maximum Gasteiger partial charge on any atom is 0.256 e. The highest BCUT2D eigenvalue weighted by Gasteiger charge is 2.53. The van der Waals surface area contributed by atoms with Gasteiger partial charge in [0.25, 0.3) is 5.91 Å². The zero-order valence-corrected chi connectivity index (χ0v) is 17.1. The summed E-state index contributed by atoms with van der Waals surface area (Å²) < 4.78 is 14.9. The van der Waals surface area contributed by atoms with Crippen molar-refractivity contribution in [2.24, 2.45) is 0 Å². The van der Waals surface area contributed by atoms with E-state index in [1.807, 2.05) is 29.2 Å². The van der Waals surface area contributed by atoms with Crippen molar-refractivity contribution in [1.82, 2.24) is 9.80 Å². The van der Waals surface area contributed by atoms with Gasteiger partial charge in [-0.05, 0) is 49.1 Å². The molecular formula is C22H22BrFN2O2. The largest absolute Gasteiger partial charge is 0.340 e. The molecule has 1 aliphatic heterocycles. The van der Waals surface area contributed by atoms with E-state index in [1.54, 1.807) is 17.0 Å². The lowest BCUT2D eigenvalue weighted by atomic mass is 9.94. The van der Waals surface area contributed by atoms with Crippen LogP contribution in [0.3, 0.4) is 0 Å². The second-order valence-corrected chi connectivity index (χ2v) is 8.43. The first kappa shape index (κ1) is 19.1. The van der Waals surface area contributed by atoms with Gasteiger partial charge in [0.2, 0.25) is 5.91 Å². The summed E-state index contributed by atoms with van der Waals surface area (Å²) in [6.07, 6.45) is 2.41. The summed E-state index contributed by atoms with van der Waals surface area (Å²) in [5, 5.41) is 0. The predicted molar refractivity (Wildman–Crippen MR) is 109 cm³/mol. The van der Waals surface area contributed by atoms with Gasteiger partial charge >= 0.3 is 0 Å². The molecule has 0 spiro atoms. The van der Waals surface area contributed by atoms with Crippen LogP contribution in [0.1, 0.15) is 35.2 Å². The number of amides is 2. The lowest BCUT2D eigenvalue weighted by Gasteiger charge is -2.27. The van der Waals surface area contributed by atoms with Crippen LogP contribution in [0.2, 0.25) is 0 Å². The van der Waals surface area contributed by atoms with E-state index in [-0.39, 0.29) is 17.4 Å². The summed E-state index contributed by atoms with van der Waals surface area (Å²) in [4.78, 5) is 29.5. The molecule has 4 rings (SSSR count). The van der Waals surface area contributed by atoms with Crippen LogP contribution < -0.4 is 0 Å². The molecule has 0 bridgehead atoms. The number of rotatable bonds is 3. The van der Waals surface area contributed by atoms with E-state index in [4.69, 9.17) is 0 Å². The number of halogens is 2. The van der Waals surface area contributed by atoms with E-state index in [0.29, 0.717) is 32.6 Å². The molecule has 0 N–H and O–H groups in total. The van der Waals surface area contributed by atoms with Crippen molar-refractivity contribution in [1.29, 1.82) is 0 Å². The second-order valence-electron chi connectivity index (χ2n) is 7.51. The monoisotopic (exact) mass is 444 g/mol. The van der Waals surface area contributed by atoms with Crippen LogP contribution in [0.5, 0.6) is 0 Å². The third kappa shape index (κ3) is 3.58. The minimum absolute atomic E-state index is 0.0927. The van der Waals surface area contributed by atoms with Gasteiger partial charge in [-0.1, -0.05) is 40.2 Å². The fraction of sp³-hybridized carbons (Fsp3) is 0.364. The molecule has 0 aromatic heterocycles. The highest BCUT2D eigenvalue weighted by atomic mass is 79.9. The molecular weight excluding hydrogens is 423 g/mol. The Hall–Kier alpha value is -2.21. The normalized spacial score (nSPS) is 18.5. The van der Waals surface area contributed by atoms with Crippen molar-refractivity contribution in [3.8, 4) is 0 Å². The Morgan fingerprint density at radius 3 is 2.36 bits per heavy atom. The molecule has 28 heavy (non-hydrogen) atoms. The first-order valence-corrected chi connectivity index (χ1v) is 10.4. The maximum atomic E-state index is 14.0. The van der Waals surface area contributed by atoms with Gasteiger partial charge < -0.3 is 9.80 Å². The van der Waals surface area contributed by atoms with Gasteiger partial charge in [-0.15, -0.1) is 0 Å². The minimum Gasteiger partial charge on any atom is -0.340 e. The summed E-state index contributed by atoms with van der Waals surface area (Å²) in [6.45, 7) is 2.05. The van der Waals surface area contributed by atoms with E-state index in [0.717, 1.165) is 22.9 Å². The lowest BCUT2D eigenvalue weighted by Crippen LogP contribution is -2.42. The maximum absolute atomic E-state index is 14.0. The zero-order valence-electron chi connectivity index (χ0n) is 15.5. The summed E-state index contributed by atoms with van der Waals surface area (Å²) in [6, 6.07) is 14.0. The standard InChI is InChI=1S/C22H22BrFN2O2/c23-17-6-3-5-16(15-17)22(9-10-22)21(28)26-12-4-11-25(13-14-26)20(27)18-7-1-2-8-19(18)24/h1-3,5-8,15H,4,9-14H2. The van der Waals surface area contributed by atoms with E-state index < -0.39 is 11.2 Å². The van der Waals surface area contributed by atoms with Crippen LogP contribution in [0.15, 0.2) is 53.0 Å². The van der Waals surface area contributed by atoms with Crippen LogP contribution >= 0.6 is 15.9 Å². The molecule has 1 saturated heterocycles. The van der Waals surface area contributed by atoms with E-state index >= 15 is 0 Å². The number of nitrogens with zero attached hydrogens (tertiary/aromatic N) is 2. The van der Waals surface area contributed by atoms with Gasteiger partial charge in [-0.2, -0.15) is 0 Å². The molecule has 146 valence electrons. The number of carbonyl (C=O) groups is 2. The average molecular weight is 445 g/mol. The van der Waals surface area contributed by atoms with Gasteiger partial charge in [0.05, 0.1) is 11.0 Å². The molecule has 0 unspecified atom stereocenters. The topological polar surface area (TPSA) is 40.6 Å². The third-order valence-electron chi connectivity index (χ3n) is 5.71. The summed E-state index contributed by atoms with van der Waals surface area (Å²) >= 11 is 3.49. The molecule has 2 aliphatic rings. The number of hydrogen-bond donors (Lipinski definition) is 0. The third-order valence-corrected chi connectivity index (χ3v) is 6.20. The van der Waals surface area contributed by atoms with E-state index in [9.17, 15) is 14.0 Å². The van der Waals surface area contributed by atoms with Crippen molar-refractivity contribution in [3.05, 3.63) is 69.9 Å². The first-order chi connectivity index (χ1) is 13.5. The fourth-order valence-electron chi connectivity index (χ4n) is 3.97. The average Bonchev–Trinajstić information content (AvgIpc) is 3.52. The highest BCUT2D eigenvalue weighted by Crippen LogP contribution is 2.50. The van der Waals surface area contributed by atoms with Gasteiger partial charge in [0.1, 0.15) is 5.82 Å². The van der Waals surface area contributed by atoms with Crippen molar-refractivity contribution in [3.63, 3.8) is 0 Å². The number of hydrogen-bond acceptors (Lipinski definition) is 2. The Kier molecular flexibility index (Phi) is 5.23. The van der Waals surface area contributed by atoms with Crippen LogP contribution in [-0.4, -0.2) is 47.8 Å². The van der Waals surface area contributed by atoms with Crippen molar-refractivity contribution < 1.29 is 14.0 Å². The van der Waals surface area contributed by atoms with Gasteiger partial charge in [0, 0.05) is 30.7 Å². The molecule has 0 radical (unpaired) electrons. The SMILES string of the molecule is O=C(c1ccccc1F)N1CCCN(C(=O)C2(c3cccc(Br)c3)CC2)CC1. The smallest absolute Gasteiger partial charge is 0.256 e.